The van der Waals surface area contributed by atoms with E-state index < -0.39 is 0 Å². The minimum atomic E-state index is 0.860. The van der Waals surface area contributed by atoms with E-state index >= 15 is 0 Å². The molecule has 0 amide bonds. The second-order valence-corrected chi connectivity index (χ2v) is 12.2. The second kappa shape index (κ2) is 10.1. The number of furan rings is 2. The first-order valence-corrected chi connectivity index (χ1v) is 15.9. The zero-order chi connectivity index (χ0) is 30.9. The van der Waals surface area contributed by atoms with Gasteiger partial charge in [-0.25, -0.2) is 0 Å². The summed E-state index contributed by atoms with van der Waals surface area (Å²) in [4.78, 5) is 2.29. The van der Waals surface area contributed by atoms with Crippen LogP contribution < -0.4 is 4.90 Å². The normalized spacial score (nSPS) is 11.8. The molecular formula is C44H27NO2. The van der Waals surface area contributed by atoms with Crippen LogP contribution in [0.15, 0.2) is 173 Å². The maximum absolute atomic E-state index is 6.34. The van der Waals surface area contributed by atoms with Crippen molar-refractivity contribution >= 4 is 82.5 Å². The topological polar surface area (TPSA) is 29.5 Å². The van der Waals surface area contributed by atoms with E-state index in [-0.39, 0.29) is 0 Å². The summed E-state index contributed by atoms with van der Waals surface area (Å²) in [5.41, 5.74) is 9.04. The van der Waals surface area contributed by atoms with Crippen LogP contribution in [0.1, 0.15) is 0 Å². The molecular weight excluding hydrogens is 574 g/mol. The maximum Gasteiger partial charge on any atom is 0.137 e. The van der Waals surface area contributed by atoms with Crippen LogP contribution in [0.4, 0.5) is 17.1 Å². The molecule has 0 N–H and O–H groups in total. The lowest BCUT2D eigenvalue weighted by atomic mass is 9.96. The fourth-order valence-electron chi connectivity index (χ4n) is 7.17. The van der Waals surface area contributed by atoms with E-state index in [1.165, 1.54) is 32.7 Å². The first-order chi connectivity index (χ1) is 23.3. The predicted octanol–water partition coefficient (Wildman–Crippen LogP) is 12.9. The van der Waals surface area contributed by atoms with Gasteiger partial charge in [0.25, 0.3) is 0 Å². The number of benzene rings is 8. The standard InChI is InChI=1S/C44H27NO2/c1-2-10-35-28(8-1)9-7-13-36(35)31-17-16-30-25-32(19-18-29(30)24-31)45(33-20-22-39-37-11-3-5-14-41(37)46-43(39)26-33)34-21-23-40-38-12-4-6-15-42(38)47-44(40)27-34/h1-27H. The third kappa shape index (κ3) is 4.14. The van der Waals surface area contributed by atoms with Gasteiger partial charge in [-0.3, -0.25) is 0 Å². The summed E-state index contributed by atoms with van der Waals surface area (Å²) in [6, 6.07) is 58.0. The Bertz CT molecular complexity index is 2700. The Balaban J connectivity index is 1.14. The molecule has 0 aliphatic heterocycles. The van der Waals surface area contributed by atoms with Crippen LogP contribution in [0, 0.1) is 0 Å². The van der Waals surface area contributed by atoms with Crippen LogP contribution >= 0.6 is 0 Å². The Labute approximate surface area is 270 Å². The molecule has 2 heterocycles. The number of hydrogen-bond donors (Lipinski definition) is 0. The van der Waals surface area contributed by atoms with Crippen LogP contribution in [-0.2, 0) is 0 Å². The van der Waals surface area contributed by atoms with Gasteiger partial charge >= 0.3 is 0 Å². The SMILES string of the molecule is c1ccc2c(-c3ccc4cc(N(c5ccc6c(c5)oc5ccccc56)c5ccc6c(c5)oc5ccccc56)ccc4c3)cccc2c1. The highest BCUT2D eigenvalue weighted by molar-refractivity contribution is 6.08. The molecule has 8 aromatic carbocycles. The molecule has 0 atom stereocenters. The minimum Gasteiger partial charge on any atom is -0.456 e. The quantitative estimate of drug-likeness (QED) is 0.201. The Kier molecular flexibility index (Phi) is 5.57. The molecule has 220 valence electrons. The Hall–Kier alpha value is -6.32. The molecule has 10 rings (SSSR count). The van der Waals surface area contributed by atoms with Crippen molar-refractivity contribution in [3.63, 3.8) is 0 Å². The predicted molar refractivity (Wildman–Crippen MR) is 196 cm³/mol. The van der Waals surface area contributed by atoms with Crippen molar-refractivity contribution in [3.05, 3.63) is 164 Å². The smallest absolute Gasteiger partial charge is 0.137 e. The zero-order valence-electron chi connectivity index (χ0n) is 25.4. The van der Waals surface area contributed by atoms with Gasteiger partial charge in [-0.2, -0.15) is 0 Å². The molecule has 10 aromatic rings. The number of rotatable bonds is 4. The molecule has 0 bridgehead atoms. The van der Waals surface area contributed by atoms with Gasteiger partial charge in [-0.15, -0.1) is 0 Å². The molecule has 0 unspecified atom stereocenters. The summed E-state index contributed by atoms with van der Waals surface area (Å²) in [7, 11) is 0. The summed E-state index contributed by atoms with van der Waals surface area (Å²) in [6.45, 7) is 0. The summed E-state index contributed by atoms with van der Waals surface area (Å²) in [5.74, 6) is 0. The maximum atomic E-state index is 6.34. The van der Waals surface area contributed by atoms with Gasteiger partial charge in [-0.1, -0.05) is 97.1 Å². The Morgan fingerprint density at radius 1 is 0.319 bits per heavy atom. The van der Waals surface area contributed by atoms with Crippen molar-refractivity contribution < 1.29 is 8.83 Å². The van der Waals surface area contributed by atoms with Gasteiger partial charge in [0.2, 0.25) is 0 Å². The van der Waals surface area contributed by atoms with E-state index in [0.29, 0.717) is 0 Å². The molecule has 0 aliphatic rings. The van der Waals surface area contributed by atoms with Crippen LogP contribution in [0.25, 0.3) is 76.5 Å². The molecule has 0 radical (unpaired) electrons. The number of nitrogens with zero attached hydrogens (tertiary/aromatic N) is 1. The number of hydrogen-bond acceptors (Lipinski definition) is 3. The number of anilines is 3. The van der Waals surface area contributed by atoms with E-state index in [0.717, 1.165) is 60.9 Å². The van der Waals surface area contributed by atoms with Gasteiger partial charge < -0.3 is 13.7 Å². The first kappa shape index (κ1) is 26.0. The van der Waals surface area contributed by atoms with Crippen molar-refractivity contribution in [1.29, 1.82) is 0 Å². The first-order valence-electron chi connectivity index (χ1n) is 15.9. The highest BCUT2D eigenvalue weighted by Gasteiger charge is 2.18. The highest BCUT2D eigenvalue weighted by atomic mass is 16.3. The molecule has 2 aromatic heterocycles. The molecule has 0 saturated heterocycles. The Morgan fingerprint density at radius 2 is 0.830 bits per heavy atom. The van der Waals surface area contributed by atoms with E-state index in [1.807, 2.05) is 24.3 Å². The van der Waals surface area contributed by atoms with Crippen LogP contribution in [0.5, 0.6) is 0 Å². The summed E-state index contributed by atoms with van der Waals surface area (Å²) < 4.78 is 12.7. The molecule has 47 heavy (non-hydrogen) atoms. The van der Waals surface area contributed by atoms with Crippen molar-refractivity contribution in [2.24, 2.45) is 0 Å². The zero-order valence-corrected chi connectivity index (χ0v) is 25.4. The number of fused-ring (bicyclic) bond motifs is 8. The van der Waals surface area contributed by atoms with Gasteiger partial charge in [0.1, 0.15) is 22.3 Å². The minimum absolute atomic E-state index is 0.860. The summed E-state index contributed by atoms with van der Waals surface area (Å²) >= 11 is 0. The average molecular weight is 602 g/mol. The van der Waals surface area contributed by atoms with Crippen molar-refractivity contribution in [2.45, 2.75) is 0 Å². The molecule has 3 nitrogen and oxygen atoms in total. The van der Waals surface area contributed by atoms with Crippen molar-refractivity contribution in [2.75, 3.05) is 4.90 Å². The average Bonchev–Trinajstić information content (AvgIpc) is 3.69. The fourth-order valence-corrected chi connectivity index (χ4v) is 7.17. The van der Waals surface area contributed by atoms with Crippen molar-refractivity contribution in [1.82, 2.24) is 0 Å². The largest absolute Gasteiger partial charge is 0.456 e. The Morgan fingerprint density at radius 3 is 1.53 bits per heavy atom. The molecule has 0 aliphatic carbocycles. The number of para-hydroxylation sites is 2. The summed E-state index contributed by atoms with van der Waals surface area (Å²) in [6.07, 6.45) is 0. The van der Waals surface area contributed by atoms with Crippen LogP contribution in [0.2, 0.25) is 0 Å². The van der Waals surface area contributed by atoms with Crippen LogP contribution in [-0.4, -0.2) is 0 Å². The van der Waals surface area contributed by atoms with Crippen molar-refractivity contribution in [3.8, 4) is 11.1 Å². The lowest BCUT2D eigenvalue weighted by molar-refractivity contribution is 0.669. The van der Waals surface area contributed by atoms with E-state index in [4.69, 9.17) is 8.83 Å². The molecule has 3 heteroatoms. The highest BCUT2D eigenvalue weighted by Crippen LogP contribution is 2.42. The summed E-state index contributed by atoms with van der Waals surface area (Å²) in [5, 5.41) is 9.34. The molecule has 0 spiro atoms. The van der Waals surface area contributed by atoms with Crippen LogP contribution in [0.3, 0.4) is 0 Å². The van der Waals surface area contributed by atoms with Gasteiger partial charge in [0.15, 0.2) is 0 Å². The van der Waals surface area contributed by atoms with E-state index in [9.17, 15) is 0 Å². The second-order valence-electron chi connectivity index (χ2n) is 12.2. The lowest BCUT2D eigenvalue weighted by Gasteiger charge is -2.26. The van der Waals surface area contributed by atoms with Gasteiger partial charge in [0, 0.05) is 50.7 Å². The van der Waals surface area contributed by atoms with E-state index in [1.54, 1.807) is 0 Å². The van der Waals surface area contributed by atoms with Gasteiger partial charge in [-0.05, 0) is 87.3 Å². The monoisotopic (exact) mass is 601 g/mol. The lowest BCUT2D eigenvalue weighted by Crippen LogP contribution is -2.09. The third-order valence-corrected chi connectivity index (χ3v) is 9.42. The fraction of sp³-hybridized carbons (Fsp3) is 0. The molecule has 0 fully saturated rings. The third-order valence-electron chi connectivity index (χ3n) is 9.42. The van der Waals surface area contributed by atoms with Gasteiger partial charge in [0.05, 0.1) is 0 Å². The molecule has 0 saturated carbocycles. The van der Waals surface area contributed by atoms with E-state index in [2.05, 4.69) is 144 Å².